The average molecular weight is 594 g/mol. The van der Waals surface area contributed by atoms with Crippen LogP contribution >= 0.6 is 11.6 Å². The van der Waals surface area contributed by atoms with Gasteiger partial charge in [-0.2, -0.15) is 0 Å². The fourth-order valence-electron chi connectivity index (χ4n) is 7.82. The molecule has 3 aliphatic rings. The molecule has 3 N–H and O–H groups in total. The number of piperidine rings is 1. The second-order valence-corrected chi connectivity index (χ2v) is 13.4. The Morgan fingerprint density at radius 3 is 2.29 bits per heavy atom. The predicted molar refractivity (Wildman–Crippen MR) is 169 cm³/mol. The van der Waals surface area contributed by atoms with E-state index in [1.165, 1.54) is 19.3 Å². The van der Waals surface area contributed by atoms with Gasteiger partial charge in [-0.05, 0) is 80.1 Å². The maximum Gasteiger partial charge on any atom is 0.226 e. The minimum Gasteiger partial charge on any atom is -0.369 e. The summed E-state index contributed by atoms with van der Waals surface area (Å²) in [5.41, 5.74) is 9.54. The van der Waals surface area contributed by atoms with Gasteiger partial charge in [-0.15, -0.1) is 0 Å². The summed E-state index contributed by atoms with van der Waals surface area (Å²) in [5, 5.41) is 4.16. The molecule has 5 rings (SSSR count). The van der Waals surface area contributed by atoms with E-state index < -0.39 is 17.7 Å². The van der Waals surface area contributed by atoms with E-state index in [0.29, 0.717) is 37.0 Å². The second-order valence-electron chi connectivity index (χ2n) is 13.0. The van der Waals surface area contributed by atoms with Crippen LogP contribution in [0.25, 0.3) is 0 Å². The van der Waals surface area contributed by atoms with Crippen molar-refractivity contribution in [1.29, 1.82) is 0 Å². The van der Waals surface area contributed by atoms with Crippen molar-refractivity contribution in [3.05, 3.63) is 70.2 Å². The molecule has 2 amide bonds. The molecule has 0 aromatic heterocycles. The van der Waals surface area contributed by atoms with Crippen molar-refractivity contribution in [1.82, 2.24) is 20.0 Å². The van der Waals surface area contributed by atoms with Crippen molar-refractivity contribution >= 4 is 23.4 Å². The second kappa shape index (κ2) is 13.5. The Kier molecular flexibility index (Phi) is 9.93. The van der Waals surface area contributed by atoms with Crippen molar-refractivity contribution in [3.63, 3.8) is 0 Å². The third-order valence-corrected chi connectivity index (χ3v) is 10.2. The van der Waals surface area contributed by atoms with E-state index in [4.69, 9.17) is 17.3 Å². The number of fused-ring (bicyclic) bond motifs is 1. The topological polar surface area (TPSA) is 81.9 Å². The van der Waals surface area contributed by atoms with Crippen LogP contribution < -0.4 is 11.1 Å². The zero-order valence-corrected chi connectivity index (χ0v) is 26.3. The highest BCUT2D eigenvalue weighted by Crippen LogP contribution is 2.39. The SMILES string of the molecule is CCN1CCC(CC(C)C)(N2CCN(C(=O)C(Cc3ccc(Cl)cc3)C(C(N)=O)C3NCc4ccccc43)CC2)CC1. The highest BCUT2D eigenvalue weighted by molar-refractivity contribution is 6.30. The van der Waals surface area contributed by atoms with Crippen molar-refractivity contribution in [2.24, 2.45) is 23.5 Å². The third kappa shape index (κ3) is 6.70. The summed E-state index contributed by atoms with van der Waals surface area (Å²) in [7, 11) is 0. The molecule has 2 aromatic carbocycles. The quantitative estimate of drug-likeness (QED) is 0.424. The first kappa shape index (κ1) is 31.0. The van der Waals surface area contributed by atoms with Gasteiger partial charge in [0.1, 0.15) is 0 Å². The number of carbonyl (C=O) groups is 2. The number of likely N-dealkylation sites (tertiary alicyclic amines) is 1. The maximum absolute atomic E-state index is 14.4. The number of amides is 2. The molecule has 0 aliphatic carbocycles. The number of carbonyl (C=O) groups excluding carboxylic acids is 2. The highest BCUT2D eigenvalue weighted by atomic mass is 35.5. The summed E-state index contributed by atoms with van der Waals surface area (Å²) in [5.74, 6) is -1.02. The van der Waals surface area contributed by atoms with Gasteiger partial charge in [0.05, 0.1) is 11.8 Å². The van der Waals surface area contributed by atoms with Gasteiger partial charge in [-0.25, -0.2) is 0 Å². The Hall–Kier alpha value is -2.45. The Balaban J connectivity index is 1.37. The molecule has 228 valence electrons. The number of halogens is 1. The molecule has 3 heterocycles. The zero-order valence-electron chi connectivity index (χ0n) is 25.5. The van der Waals surface area contributed by atoms with Gasteiger partial charge >= 0.3 is 0 Å². The van der Waals surface area contributed by atoms with Crippen LogP contribution in [0.5, 0.6) is 0 Å². The summed E-state index contributed by atoms with van der Waals surface area (Å²) >= 11 is 6.18. The molecule has 2 saturated heterocycles. The minimum absolute atomic E-state index is 0.0262. The molecular formula is C34H48ClN5O2. The van der Waals surface area contributed by atoms with Crippen LogP contribution in [-0.4, -0.2) is 77.9 Å². The van der Waals surface area contributed by atoms with Crippen LogP contribution in [0.4, 0.5) is 0 Å². The van der Waals surface area contributed by atoms with Crippen molar-refractivity contribution in [2.45, 2.75) is 64.6 Å². The fraction of sp³-hybridized carbons (Fsp3) is 0.588. The van der Waals surface area contributed by atoms with Gasteiger partial charge in [-0.1, -0.05) is 68.8 Å². The van der Waals surface area contributed by atoms with E-state index in [0.717, 1.165) is 49.4 Å². The molecular weight excluding hydrogens is 546 g/mol. The van der Waals surface area contributed by atoms with Gasteiger partial charge in [-0.3, -0.25) is 14.5 Å². The van der Waals surface area contributed by atoms with Crippen molar-refractivity contribution < 1.29 is 9.59 Å². The highest BCUT2D eigenvalue weighted by Gasteiger charge is 2.45. The lowest BCUT2D eigenvalue weighted by atomic mass is 9.77. The molecule has 42 heavy (non-hydrogen) atoms. The van der Waals surface area contributed by atoms with Gasteiger partial charge in [0.15, 0.2) is 0 Å². The number of nitrogens with two attached hydrogens (primary N) is 1. The monoisotopic (exact) mass is 593 g/mol. The summed E-state index contributed by atoms with van der Waals surface area (Å²) in [6.07, 6.45) is 3.99. The van der Waals surface area contributed by atoms with Gasteiger partial charge < -0.3 is 20.9 Å². The van der Waals surface area contributed by atoms with Crippen LogP contribution in [0.2, 0.25) is 5.02 Å². The van der Waals surface area contributed by atoms with E-state index in [1.54, 1.807) is 0 Å². The summed E-state index contributed by atoms with van der Waals surface area (Å²) in [4.78, 5) is 34.9. The molecule has 0 spiro atoms. The first-order valence-corrected chi connectivity index (χ1v) is 16.2. The first-order chi connectivity index (χ1) is 20.2. The number of hydrogen-bond donors (Lipinski definition) is 2. The van der Waals surface area contributed by atoms with Gasteiger partial charge in [0, 0.05) is 49.3 Å². The minimum atomic E-state index is -0.666. The van der Waals surface area contributed by atoms with Crippen molar-refractivity contribution in [3.8, 4) is 0 Å². The fourth-order valence-corrected chi connectivity index (χ4v) is 7.94. The van der Waals surface area contributed by atoms with E-state index >= 15 is 0 Å². The molecule has 3 aliphatic heterocycles. The van der Waals surface area contributed by atoms with Crippen LogP contribution in [0.3, 0.4) is 0 Å². The zero-order chi connectivity index (χ0) is 29.9. The normalized spacial score (nSPS) is 22.6. The van der Waals surface area contributed by atoms with Gasteiger partial charge in [0.2, 0.25) is 11.8 Å². The average Bonchev–Trinajstić information content (AvgIpc) is 3.41. The first-order valence-electron chi connectivity index (χ1n) is 15.8. The molecule has 0 bridgehead atoms. The number of nitrogens with one attached hydrogen (secondary N) is 1. The van der Waals surface area contributed by atoms with Crippen LogP contribution in [0, 0.1) is 17.8 Å². The lowest BCUT2D eigenvalue weighted by molar-refractivity contribution is -0.145. The molecule has 7 nitrogen and oxygen atoms in total. The lowest BCUT2D eigenvalue weighted by Crippen LogP contribution is -2.62. The molecule has 0 radical (unpaired) electrons. The van der Waals surface area contributed by atoms with Crippen LogP contribution in [0.15, 0.2) is 48.5 Å². The molecule has 8 heteroatoms. The number of benzene rings is 2. The largest absolute Gasteiger partial charge is 0.369 e. The summed E-state index contributed by atoms with van der Waals surface area (Å²) in [6, 6.07) is 15.4. The predicted octanol–water partition coefficient (Wildman–Crippen LogP) is 4.49. The molecule has 3 atom stereocenters. The Morgan fingerprint density at radius 1 is 1.00 bits per heavy atom. The van der Waals surface area contributed by atoms with Crippen LogP contribution in [-0.2, 0) is 22.6 Å². The molecule has 3 unspecified atom stereocenters. The van der Waals surface area contributed by atoms with E-state index in [1.807, 2.05) is 41.3 Å². The van der Waals surface area contributed by atoms with E-state index in [2.05, 4.69) is 48.0 Å². The van der Waals surface area contributed by atoms with Gasteiger partial charge in [0.25, 0.3) is 0 Å². The van der Waals surface area contributed by atoms with E-state index in [-0.39, 0.29) is 17.5 Å². The third-order valence-electron chi connectivity index (χ3n) is 9.99. The number of nitrogens with zero attached hydrogens (tertiary/aromatic N) is 3. The Morgan fingerprint density at radius 2 is 1.67 bits per heavy atom. The summed E-state index contributed by atoms with van der Waals surface area (Å²) in [6.45, 7) is 14.0. The maximum atomic E-state index is 14.4. The number of primary amides is 1. The molecule has 0 saturated carbocycles. The lowest BCUT2D eigenvalue weighted by Gasteiger charge is -2.52. The number of hydrogen-bond acceptors (Lipinski definition) is 5. The Labute approximate surface area is 256 Å². The van der Waals surface area contributed by atoms with E-state index in [9.17, 15) is 9.59 Å². The smallest absolute Gasteiger partial charge is 0.226 e. The van der Waals surface area contributed by atoms with Crippen LogP contribution in [0.1, 0.15) is 62.8 Å². The summed E-state index contributed by atoms with van der Waals surface area (Å²) < 4.78 is 0. The molecule has 2 aromatic rings. The molecule has 2 fully saturated rings. The number of rotatable bonds is 10. The van der Waals surface area contributed by atoms with Crippen molar-refractivity contribution in [2.75, 3.05) is 45.8 Å². The number of piperazine rings is 1. The Bertz CT molecular complexity index is 1220. The standard InChI is InChI=1S/C34H48ClN5O2/c1-4-38-15-13-34(14-16-38,22-24(2)3)40-19-17-39(18-20-40)33(42)29(21-25-9-11-27(35)12-10-25)30(32(36)41)31-28-8-6-5-7-26(28)23-37-31/h5-12,24,29-31,37H,4,13-23H2,1-3H3,(H2,36,41).